The monoisotopic (exact) mass is 342 g/mol. The molecular formula is C19H22N2O4. The van der Waals surface area contributed by atoms with Gasteiger partial charge in [-0.15, -0.1) is 0 Å². The second-order valence-corrected chi connectivity index (χ2v) is 5.40. The van der Waals surface area contributed by atoms with Crippen LogP contribution in [0, 0.1) is 0 Å². The number of nitrogens with one attached hydrogen (secondary N) is 2. The standard InChI is InChI=1S/C19H22N2O4/c1-4-18(22)20-14-5-7-15(8-6-14)21-19(23)13(2)25-17-11-9-16(24-3)10-12-17/h5-13H,4H2,1-3H3,(H,20,22)(H,21,23)/t13-/m0/s1. The number of rotatable bonds is 7. The summed E-state index contributed by atoms with van der Waals surface area (Å²) in [5, 5.41) is 5.53. The van der Waals surface area contributed by atoms with Crippen molar-refractivity contribution in [3.05, 3.63) is 48.5 Å². The first-order valence-corrected chi connectivity index (χ1v) is 8.03. The van der Waals surface area contributed by atoms with E-state index in [1.54, 1.807) is 69.5 Å². The third kappa shape index (κ3) is 5.53. The molecule has 0 unspecified atom stereocenters. The number of anilines is 2. The average Bonchev–Trinajstić information content (AvgIpc) is 2.63. The lowest BCUT2D eigenvalue weighted by atomic mass is 10.2. The van der Waals surface area contributed by atoms with Crippen LogP contribution < -0.4 is 20.1 Å². The van der Waals surface area contributed by atoms with Crippen LogP contribution >= 0.6 is 0 Å². The van der Waals surface area contributed by atoms with Gasteiger partial charge in [-0.25, -0.2) is 0 Å². The Balaban J connectivity index is 1.90. The van der Waals surface area contributed by atoms with E-state index in [2.05, 4.69) is 10.6 Å². The zero-order chi connectivity index (χ0) is 18.2. The molecule has 132 valence electrons. The van der Waals surface area contributed by atoms with Crippen molar-refractivity contribution in [2.24, 2.45) is 0 Å². The van der Waals surface area contributed by atoms with Crippen molar-refractivity contribution < 1.29 is 19.1 Å². The molecule has 0 radical (unpaired) electrons. The molecule has 2 rings (SSSR count). The summed E-state index contributed by atoms with van der Waals surface area (Å²) in [5.41, 5.74) is 1.32. The van der Waals surface area contributed by atoms with Crippen molar-refractivity contribution in [2.75, 3.05) is 17.7 Å². The Kier molecular flexibility index (Phi) is 6.39. The molecule has 2 N–H and O–H groups in total. The summed E-state index contributed by atoms with van der Waals surface area (Å²) in [4.78, 5) is 23.6. The van der Waals surface area contributed by atoms with Gasteiger partial charge in [-0.2, -0.15) is 0 Å². The molecule has 0 aliphatic rings. The number of benzene rings is 2. The van der Waals surface area contributed by atoms with Crippen LogP contribution in [0.2, 0.25) is 0 Å². The molecule has 0 spiro atoms. The second kappa shape index (κ2) is 8.73. The van der Waals surface area contributed by atoms with Gasteiger partial charge in [0.05, 0.1) is 7.11 Å². The fourth-order valence-electron chi connectivity index (χ4n) is 2.04. The van der Waals surface area contributed by atoms with E-state index in [4.69, 9.17) is 9.47 Å². The SMILES string of the molecule is CCC(=O)Nc1ccc(NC(=O)[C@H](C)Oc2ccc(OC)cc2)cc1. The summed E-state index contributed by atoms with van der Waals surface area (Å²) < 4.78 is 10.7. The van der Waals surface area contributed by atoms with Crippen LogP contribution in [0.3, 0.4) is 0 Å². The van der Waals surface area contributed by atoms with Gasteiger partial charge in [0.2, 0.25) is 5.91 Å². The van der Waals surface area contributed by atoms with Gasteiger partial charge in [0.15, 0.2) is 6.10 Å². The zero-order valence-corrected chi connectivity index (χ0v) is 14.5. The summed E-state index contributed by atoms with van der Waals surface area (Å²) in [5.74, 6) is 0.986. The largest absolute Gasteiger partial charge is 0.497 e. The van der Waals surface area contributed by atoms with Crippen LogP contribution in [-0.4, -0.2) is 25.0 Å². The number of carbonyl (C=O) groups excluding carboxylic acids is 2. The van der Waals surface area contributed by atoms with Crippen molar-refractivity contribution in [3.63, 3.8) is 0 Å². The minimum absolute atomic E-state index is 0.0571. The molecule has 0 aromatic heterocycles. The maximum atomic E-state index is 12.2. The fraction of sp³-hybridized carbons (Fsp3) is 0.263. The Morgan fingerprint density at radius 2 is 1.44 bits per heavy atom. The Morgan fingerprint density at radius 1 is 0.920 bits per heavy atom. The molecule has 0 saturated carbocycles. The maximum absolute atomic E-state index is 12.2. The number of hydrogen-bond donors (Lipinski definition) is 2. The molecular weight excluding hydrogens is 320 g/mol. The molecule has 0 bridgehead atoms. The first kappa shape index (κ1) is 18.3. The van der Waals surface area contributed by atoms with Gasteiger partial charge < -0.3 is 20.1 Å². The van der Waals surface area contributed by atoms with Crippen molar-refractivity contribution in [1.82, 2.24) is 0 Å². The summed E-state index contributed by atoms with van der Waals surface area (Å²) in [6, 6.07) is 13.9. The number of amides is 2. The van der Waals surface area contributed by atoms with Gasteiger partial charge >= 0.3 is 0 Å². The highest BCUT2D eigenvalue weighted by Gasteiger charge is 2.15. The highest BCUT2D eigenvalue weighted by atomic mass is 16.5. The average molecular weight is 342 g/mol. The quantitative estimate of drug-likeness (QED) is 0.808. The lowest BCUT2D eigenvalue weighted by Crippen LogP contribution is -2.30. The van der Waals surface area contributed by atoms with Crippen LogP contribution in [0.25, 0.3) is 0 Å². The minimum atomic E-state index is -0.659. The number of carbonyl (C=O) groups is 2. The van der Waals surface area contributed by atoms with Crippen LogP contribution in [0.15, 0.2) is 48.5 Å². The highest BCUT2D eigenvalue weighted by molar-refractivity contribution is 5.95. The van der Waals surface area contributed by atoms with Crippen molar-refractivity contribution in [2.45, 2.75) is 26.4 Å². The van der Waals surface area contributed by atoms with Gasteiger partial charge in [-0.05, 0) is 55.5 Å². The van der Waals surface area contributed by atoms with Gasteiger partial charge in [0, 0.05) is 17.8 Å². The van der Waals surface area contributed by atoms with Crippen LogP contribution in [-0.2, 0) is 9.59 Å². The topological polar surface area (TPSA) is 76.7 Å². The smallest absolute Gasteiger partial charge is 0.265 e. The molecule has 6 nitrogen and oxygen atoms in total. The maximum Gasteiger partial charge on any atom is 0.265 e. The minimum Gasteiger partial charge on any atom is -0.497 e. The first-order valence-electron chi connectivity index (χ1n) is 8.03. The molecule has 2 aromatic rings. The second-order valence-electron chi connectivity index (χ2n) is 5.40. The van der Waals surface area contributed by atoms with Crippen molar-refractivity contribution >= 4 is 23.2 Å². The van der Waals surface area contributed by atoms with E-state index in [-0.39, 0.29) is 11.8 Å². The van der Waals surface area contributed by atoms with Gasteiger partial charge in [-0.3, -0.25) is 9.59 Å². The summed E-state index contributed by atoms with van der Waals surface area (Å²) in [7, 11) is 1.59. The molecule has 0 saturated heterocycles. The molecule has 0 aliphatic carbocycles. The van der Waals surface area contributed by atoms with Gasteiger partial charge in [0.25, 0.3) is 5.91 Å². The molecule has 6 heteroatoms. The van der Waals surface area contributed by atoms with Gasteiger partial charge in [-0.1, -0.05) is 6.92 Å². The molecule has 1 atom stereocenters. The van der Waals surface area contributed by atoms with E-state index in [1.165, 1.54) is 0 Å². The Labute approximate surface area is 147 Å². The van der Waals surface area contributed by atoms with E-state index in [9.17, 15) is 9.59 Å². The Hall–Kier alpha value is -3.02. The summed E-state index contributed by atoms with van der Waals surface area (Å²) >= 11 is 0. The third-order valence-corrected chi connectivity index (χ3v) is 3.50. The molecule has 0 heterocycles. The zero-order valence-electron chi connectivity index (χ0n) is 14.5. The number of methoxy groups -OCH3 is 1. The molecule has 2 amide bonds. The summed E-state index contributed by atoms with van der Waals surface area (Å²) in [6.07, 6.45) is -0.244. The van der Waals surface area contributed by atoms with Crippen LogP contribution in [0.5, 0.6) is 11.5 Å². The molecule has 0 aliphatic heterocycles. The third-order valence-electron chi connectivity index (χ3n) is 3.50. The van der Waals surface area contributed by atoms with Crippen LogP contribution in [0.4, 0.5) is 11.4 Å². The van der Waals surface area contributed by atoms with Gasteiger partial charge in [0.1, 0.15) is 11.5 Å². The molecule has 0 fully saturated rings. The first-order chi connectivity index (χ1) is 12.0. The van der Waals surface area contributed by atoms with E-state index >= 15 is 0 Å². The van der Waals surface area contributed by atoms with Crippen LogP contribution in [0.1, 0.15) is 20.3 Å². The van der Waals surface area contributed by atoms with E-state index in [0.29, 0.717) is 23.5 Å². The van der Waals surface area contributed by atoms with E-state index < -0.39 is 6.10 Å². The molecule has 2 aromatic carbocycles. The summed E-state index contributed by atoms with van der Waals surface area (Å²) in [6.45, 7) is 3.46. The Bertz CT molecular complexity index is 711. The van der Waals surface area contributed by atoms with Crippen molar-refractivity contribution in [3.8, 4) is 11.5 Å². The fourth-order valence-corrected chi connectivity index (χ4v) is 2.04. The predicted molar refractivity (Wildman–Crippen MR) is 97.1 cm³/mol. The normalized spacial score (nSPS) is 11.3. The number of ether oxygens (including phenoxy) is 2. The predicted octanol–water partition coefficient (Wildman–Crippen LogP) is 3.45. The lowest BCUT2D eigenvalue weighted by molar-refractivity contribution is -0.122. The molecule has 25 heavy (non-hydrogen) atoms. The highest BCUT2D eigenvalue weighted by Crippen LogP contribution is 2.19. The van der Waals surface area contributed by atoms with E-state index in [0.717, 1.165) is 5.75 Å². The Morgan fingerprint density at radius 3 is 1.96 bits per heavy atom. The number of hydrogen-bond acceptors (Lipinski definition) is 4. The van der Waals surface area contributed by atoms with Crippen molar-refractivity contribution in [1.29, 1.82) is 0 Å². The lowest BCUT2D eigenvalue weighted by Gasteiger charge is -2.15. The van der Waals surface area contributed by atoms with E-state index in [1.807, 2.05) is 0 Å².